The van der Waals surface area contributed by atoms with E-state index in [4.69, 9.17) is 0 Å². The van der Waals surface area contributed by atoms with Crippen LogP contribution in [0.4, 0.5) is 0 Å². The van der Waals surface area contributed by atoms with Crippen molar-refractivity contribution in [2.75, 3.05) is 0 Å². The molecule has 0 radical (unpaired) electrons. The van der Waals surface area contributed by atoms with Gasteiger partial charge in [0, 0.05) is 16.8 Å². The molecular formula is C23H23N. The zero-order valence-corrected chi connectivity index (χ0v) is 14.3. The first kappa shape index (κ1) is 15.0. The first-order valence-corrected chi connectivity index (χ1v) is 8.81. The summed E-state index contributed by atoms with van der Waals surface area (Å²) in [5, 5.41) is 1.42. The molecule has 0 saturated carbocycles. The van der Waals surface area contributed by atoms with Gasteiger partial charge in [-0.3, -0.25) is 0 Å². The molecule has 1 nitrogen and oxygen atoms in total. The van der Waals surface area contributed by atoms with Gasteiger partial charge in [-0.1, -0.05) is 49.1 Å². The van der Waals surface area contributed by atoms with Crippen LogP contribution in [0.25, 0.3) is 22.2 Å². The third-order valence-corrected chi connectivity index (χ3v) is 5.11. The van der Waals surface area contributed by atoms with Gasteiger partial charge < -0.3 is 4.57 Å². The number of nitrogens with zero attached hydrogens (tertiary/aromatic N) is 1. The van der Waals surface area contributed by atoms with Gasteiger partial charge in [0.2, 0.25) is 0 Å². The second-order valence-electron chi connectivity index (χ2n) is 6.62. The van der Waals surface area contributed by atoms with Crippen LogP contribution in [-0.4, -0.2) is 4.57 Å². The van der Waals surface area contributed by atoms with E-state index in [1.165, 1.54) is 59.1 Å². The molecule has 0 saturated heterocycles. The molecular weight excluding hydrogens is 290 g/mol. The van der Waals surface area contributed by atoms with Crippen molar-refractivity contribution in [3.63, 3.8) is 0 Å². The van der Waals surface area contributed by atoms with Crippen molar-refractivity contribution in [1.82, 2.24) is 4.57 Å². The van der Waals surface area contributed by atoms with Crippen LogP contribution in [0.3, 0.4) is 0 Å². The molecule has 1 aromatic heterocycles. The minimum absolute atomic E-state index is 1.18. The lowest BCUT2D eigenvalue weighted by Gasteiger charge is -2.16. The van der Waals surface area contributed by atoms with E-state index >= 15 is 0 Å². The number of hydrogen-bond acceptors (Lipinski definition) is 0. The Labute approximate surface area is 143 Å². The lowest BCUT2D eigenvalue weighted by atomic mass is 9.95. The van der Waals surface area contributed by atoms with Crippen LogP contribution in [0.1, 0.15) is 36.6 Å². The highest BCUT2D eigenvalue weighted by molar-refractivity contribution is 5.90. The van der Waals surface area contributed by atoms with E-state index in [1.807, 2.05) is 6.08 Å². The van der Waals surface area contributed by atoms with Crippen LogP contribution in [0.15, 0.2) is 67.3 Å². The van der Waals surface area contributed by atoms with E-state index in [1.54, 1.807) is 5.56 Å². The summed E-state index contributed by atoms with van der Waals surface area (Å²) in [7, 11) is 0. The SMILES string of the molecule is C=C/C=C(\C)c1ccc2c3c(n(-c4ccccc4)c2c1)CCCC3. The van der Waals surface area contributed by atoms with Crippen LogP contribution >= 0.6 is 0 Å². The maximum absolute atomic E-state index is 3.83. The molecule has 0 fully saturated rings. The zero-order valence-electron chi connectivity index (χ0n) is 14.3. The maximum Gasteiger partial charge on any atom is 0.0540 e. The van der Waals surface area contributed by atoms with Crippen LogP contribution in [0.5, 0.6) is 0 Å². The lowest BCUT2D eigenvalue weighted by Crippen LogP contribution is -2.06. The number of para-hydroxylation sites is 1. The average Bonchev–Trinajstić information content (AvgIpc) is 2.96. The van der Waals surface area contributed by atoms with Crippen LogP contribution in [0, 0.1) is 0 Å². The number of benzene rings is 2. The summed E-state index contributed by atoms with van der Waals surface area (Å²) in [5.74, 6) is 0. The van der Waals surface area contributed by atoms with Crippen molar-refractivity contribution in [2.24, 2.45) is 0 Å². The summed E-state index contributed by atoms with van der Waals surface area (Å²) < 4.78 is 2.48. The van der Waals surface area contributed by atoms with Gasteiger partial charge in [-0.15, -0.1) is 0 Å². The molecule has 1 aliphatic rings. The maximum atomic E-state index is 3.83. The number of aryl methyl sites for hydroxylation is 1. The topological polar surface area (TPSA) is 4.93 Å². The quantitative estimate of drug-likeness (QED) is 0.515. The molecule has 1 heteroatoms. The van der Waals surface area contributed by atoms with Crippen molar-refractivity contribution < 1.29 is 0 Å². The standard InChI is InChI=1S/C23H23N/c1-3-9-17(2)18-14-15-21-20-12-7-8-13-22(20)24(23(21)16-18)19-10-5-4-6-11-19/h3-6,9-11,14-16H,1,7-8,12-13H2,2H3/b17-9+. The van der Waals surface area contributed by atoms with Crippen molar-refractivity contribution in [3.8, 4) is 5.69 Å². The molecule has 0 amide bonds. The van der Waals surface area contributed by atoms with Gasteiger partial charge >= 0.3 is 0 Å². The summed E-state index contributed by atoms with van der Waals surface area (Å²) >= 11 is 0. The summed E-state index contributed by atoms with van der Waals surface area (Å²) in [4.78, 5) is 0. The minimum atomic E-state index is 1.18. The number of hydrogen-bond donors (Lipinski definition) is 0. The number of aromatic nitrogens is 1. The highest BCUT2D eigenvalue weighted by Crippen LogP contribution is 2.35. The monoisotopic (exact) mass is 313 g/mol. The van der Waals surface area contributed by atoms with E-state index < -0.39 is 0 Å². The van der Waals surface area contributed by atoms with E-state index in [2.05, 4.69) is 72.7 Å². The molecule has 1 heterocycles. The third kappa shape index (κ3) is 2.41. The van der Waals surface area contributed by atoms with Gasteiger partial charge in [-0.05, 0) is 67.5 Å². The summed E-state index contributed by atoms with van der Waals surface area (Å²) in [6, 6.07) is 17.7. The minimum Gasteiger partial charge on any atom is -0.313 e. The Kier molecular flexibility index (Phi) is 3.86. The van der Waals surface area contributed by atoms with Gasteiger partial charge in [-0.25, -0.2) is 0 Å². The molecule has 0 atom stereocenters. The molecule has 3 aromatic rings. The number of rotatable bonds is 3. The van der Waals surface area contributed by atoms with E-state index in [9.17, 15) is 0 Å². The Morgan fingerprint density at radius 2 is 1.83 bits per heavy atom. The fourth-order valence-corrected chi connectivity index (χ4v) is 3.93. The average molecular weight is 313 g/mol. The normalized spacial score (nSPS) is 14.6. The first-order valence-electron chi connectivity index (χ1n) is 8.81. The van der Waals surface area contributed by atoms with Crippen LogP contribution in [0.2, 0.25) is 0 Å². The smallest absolute Gasteiger partial charge is 0.0540 e. The zero-order chi connectivity index (χ0) is 16.5. The molecule has 24 heavy (non-hydrogen) atoms. The molecule has 0 N–H and O–H groups in total. The van der Waals surface area contributed by atoms with E-state index in [-0.39, 0.29) is 0 Å². The predicted octanol–water partition coefficient (Wildman–Crippen LogP) is 6.10. The fourth-order valence-electron chi connectivity index (χ4n) is 3.93. The summed E-state index contributed by atoms with van der Waals surface area (Å²) in [5.41, 5.74) is 8.19. The Morgan fingerprint density at radius 1 is 1.04 bits per heavy atom. The first-order chi connectivity index (χ1) is 11.8. The second kappa shape index (κ2) is 6.16. The van der Waals surface area contributed by atoms with Gasteiger partial charge in [0.05, 0.1) is 5.52 Å². The second-order valence-corrected chi connectivity index (χ2v) is 6.62. The highest BCUT2D eigenvalue weighted by atomic mass is 15.0. The summed E-state index contributed by atoms with van der Waals surface area (Å²) in [6.07, 6.45) is 8.91. The molecule has 0 bridgehead atoms. The molecule has 0 unspecified atom stereocenters. The Hall–Kier alpha value is -2.54. The third-order valence-electron chi connectivity index (χ3n) is 5.11. The lowest BCUT2D eigenvalue weighted by molar-refractivity contribution is 0.667. The van der Waals surface area contributed by atoms with Gasteiger partial charge in [-0.2, -0.15) is 0 Å². The molecule has 2 aromatic carbocycles. The van der Waals surface area contributed by atoms with Gasteiger partial charge in [0.25, 0.3) is 0 Å². The van der Waals surface area contributed by atoms with E-state index in [0.29, 0.717) is 0 Å². The molecule has 4 rings (SSSR count). The Balaban J connectivity index is 2.02. The molecule has 120 valence electrons. The van der Waals surface area contributed by atoms with Crippen molar-refractivity contribution in [1.29, 1.82) is 0 Å². The molecule has 0 aliphatic heterocycles. The van der Waals surface area contributed by atoms with Gasteiger partial charge in [0.1, 0.15) is 0 Å². The van der Waals surface area contributed by atoms with Crippen LogP contribution < -0.4 is 0 Å². The number of fused-ring (bicyclic) bond motifs is 3. The number of allylic oxidation sites excluding steroid dienone is 3. The summed E-state index contributed by atoms with van der Waals surface area (Å²) in [6.45, 7) is 5.98. The molecule has 0 spiro atoms. The van der Waals surface area contributed by atoms with Crippen molar-refractivity contribution >= 4 is 16.5 Å². The van der Waals surface area contributed by atoms with Gasteiger partial charge in [0.15, 0.2) is 0 Å². The van der Waals surface area contributed by atoms with Crippen molar-refractivity contribution in [3.05, 3.63) is 84.1 Å². The predicted molar refractivity (Wildman–Crippen MR) is 104 cm³/mol. The van der Waals surface area contributed by atoms with Crippen LogP contribution in [-0.2, 0) is 12.8 Å². The molecule has 1 aliphatic carbocycles. The van der Waals surface area contributed by atoms with E-state index in [0.717, 1.165) is 0 Å². The fraction of sp³-hybridized carbons (Fsp3) is 0.217. The Bertz CT molecular complexity index is 926. The largest absolute Gasteiger partial charge is 0.313 e. The highest BCUT2D eigenvalue weighted by Gasteiger charge is 2.21. The van der Waals surface area contributed by atoms with Crippen molar-refractivity contribution in [2.45, 2.75) is 32.6 Å². The Morgan fingerprint density at radius 3 is 2.62 bits per heavy atom.